The molecule has 0 aliphatic rings. The van der Waals surface area contributed by atoms with E-state index in [1.165, 1.54) is 0 Å². The number of nitrogens with zero attached hydrogens (tertiary/aromatic N) is 1. The van der Waals surface area contributed by atoms with E-state index in [2.05, 4.69) is 26.5 Å². The molecular weight excluding hydrogens is 375 g/mol. The van der Waals surface area contributed by atoms with Crippen molar-refractivity contribution >= 4 is 50.8 Å². The summed E-state index contributed by atoms with van der Waals surface area (Å²) in [4.78, 5) is 11.9. The van der Waals surface area contributed by atoms with Crippen molar-refractivity contribution in [3.8, 4) is 0 Å². The first kappa shape index (κ1) is 16.0. The third kappa shape index (κ3) is 4.30. The van der Waals surface area contributed by atoms with Crippen molar-refractivity contribution < 1.29 is 4.79 Å². The summed E-state index contributed by atoms with van der Waals surface area (Å²) >= 11 is 15.1. The lowest BCUT2D eigenvalue weighted by atomic mass is 10.1. The Labute approximate surface area is 141 Å². The zero-order valence-electron chi connectivity index (χ0n) is 11.0. The Morgan fingerprint density at radius 3 is 2.29 bits per heavy atom. The van der Waals surface area contributed by atoms with Crippen LogP contribution in [0.3, 0.4) is 0 Å². The summed E-state index contributed by atoms with van der Waals surface area (Å²) in [6.07, 6.45) is 0. The predicted octanol–water partition coefficient (Wildman–Crippen LogP) is 4.91. The van der Waals surface area contributed by atoms with Gasteiger partial charge in [-0.3, -0.25) is 4.79 Å². The number of hydrazone groups is 1. The first-order valence-corrected chi connectivity index (χ1v) is 7.58. The number of halogens is 3. The third-order valence-electron chi connectivity index (χ3n) is 2.77. The molecule has 3 nitrogen and oxygen atoms in total. The Balaban J connectivity index is 2.10. The number of carbonyl (C=O) groups excluding carboxylic acids is 1. The number of benzene rings is 2. The van der Waals surface area contributed by atoms with E-state index in [1.807, 2.05) is 0 Å². The van der Waals surface area contributed by atoms with Crippen LogP contribution in [0.25, 0.3) is 0 Å². The molecule has 0 aliphatic heterocycles. The van der Waals surface area contributed by atoms with Gasteiger partial charge in [-0.25, -0.2) is 5.43 Å². The Bertz CT molecular complexity index is 699. The topological polar surface area (TPSA) is 41.5 Å². The molecule has 0 bridgehead atoms. The van der Waals surface area contributed by atoms with Gasteiger partial charge >= 0.3 is 0 Å². The molecule has 1 N–H and O–H groups in total. The van der Waals surface area contributed by atoms with Gasteiger partial charge in [-0.1, -0.05) is 45.2 Å². The largest absolute Gasteiger partial charge is 0.271 e. The van der Waals surface area contributed by atoms with Crippen LogP contribution < -0.4 is 5.43 Å². The minimum absolute atomic E-state index is 0.276. The van der Waals surface area contributed by atoms with Crippen LogP contribution in [0.1, 0.15) is 22.8 Å². The number of carbonyl (C=O) groups is 1. The van der Waals surface area contributed by atoms with Gasteiger partial charge in [0.2, 0.25) is 0 Å². The first-order chi connectivity index (χ1) is 9.97. The third-order valence-corrected chi connectivity index (χ3v) is 4.04. The second-order valence-electron chi connectivity index (χ2n) is 4.27. The van der Waals surface area contributed by atoms with Crippen LogP contribution in [0.5, 0.6) is 0 Å². The van der Waals surface area contributed by atoms with Crippen molar-refractivity contribution in [1.29, 1.82) is 0 Å². The van der Waals surface area contributed by atoms with Gasteiger partial charge in [-0.2, -0.15) is 5.10 Å². The minimum atomic E-state index is -0.276. The molecule has 0 fully saturated rings. The van der Waals surface area contributed by atoms with Crippen LogP contribution in [0.4, 0.5) is 0 Å². The average Bonchev–Trinajstić information content (AvgIpc) is 2.48. The van der Waals surface area contributed by atoms with E-state index in [-0.39, 0.29) is 5.91 Å². The molecule has 2 aromatic rings. The lowest BCUT2D eigenvalue weighted by Crippen LogP contribution is -2.19. The molecule has 0 spiro atoms. The highest BCUT2D eigenvalue weighted by Gasteiger charge is 2.06. The lowest BCUT2D eigenvalue weighted by molar-refractivity contribution is 0.0955. The molecule has 0 aromatic heterocycles. The van der Waals surface area contributed by atoms with E-state index in [1.54, 1.807) is 49.4 Å². The standard InChI is InChI=1S/C15H11BrCl2N2O/c1-9(11-4-7-13(17)14(18)8-11)19-20-15(21)10-2-5-12(16)6-3-10/h2-8H,1H3,(H,20,21)/b19-9+. The van der Waals surface area contributed by atoms with Crippen LogP contribution in [0.15, 0.2) is 52.0 Å². The second-order valence-corrected chi connectivity index (χ2v) is 6.00. The van der Waals surface area contributed by atoms with Gasteiger partial charge in [0.25, 0.3) is 5.91 Å². The molecule has 6 heteroatoms. The normalized spacial score (nSPS) is 11.3. The molecule has 21 heavy (non-hydrogen) atoms. The number of hydrogen-bond acceptors (Lipinski definition) is 2. The lowest BCUT2D eigenvalue weighted by Gasteiger charge is -2.04. The molecule has 0 heterocycles. The summed E-state index contributed by atoms with van der Waals surface area (Å²) < 4.78 is 0.912. The fraction of sp³-hybridized carbons (Fsp3) is 0.0667. The first-order valence-electron chi connectivity index (χ1n) is 6.03. The highest BCUT2D eigenvalue weighted by molar-refractivity contribution is 9.10. The van der Waals surface area contributed by atoms with Crippen molar-refractivity contribution in [3.63, 3.8) is 0 Å². The van der Waals surface area contributed by atoms with Gasteiger partial charge in [0.1, 0.15) is 0 Å². The average molecular weight is 386 g/mol. The second kappa shape index (κ2) is 7.07. The SMILES string of the molecule is C/C(=N\NC(=O)c1ccc(Br)cc1)c1ccc(Cl)c(Cl)c1. The van der Waals surface area contributed by atoms with Crippen LogP contribution in [0, 0.1) is 0 Å². The molecule has 0 aliphatic carbocycles. The number of hydrogen-bond donors (Lipinski definition) is 1. The molecule has 0 saturated heterocycles. The number of amides is 1. The Kier molecular flexibility index (Phi) is 5.39. The van der Waals surface area contributed by atoms with Crippen molar-refractivity contribution in [2.45, 2.75) is 6.92 Å². The van der Waals surface area contributed by atoms with Gasteiger partial charge in [-0.05, 0) is 48.9 Å². The van der Waals surface area contributed by atoms with E-state index in [4.69, 9.17) is 23.2 Å². The molecule has 2 aromatic carbocycles. The molecular formula is C15H11BrCl2N2O. The highest BCUT2D eigenvalue weighted by atomic mass is 79.9. The summed E-state index contributed by atoms with van der Waals surface area (Å²) in [6, 6.07) is 12.2. The summed E-state index contributed by atoms with van der Waals surface area (Å²) in [5.74, 6) is -0.276. The molecule has 1 amide bonds. The molecule has 0 saturated carbocycles. The summed E-state index contributed by atoms with van der Waals surface area (Å²) in [7, 11) is 0. The summed E-state index contributed by atoms with van der Waals surface area (Å²) in [5, 5.41) is 4.99. The Hall–Kier alpha value is -1.36. The predicted molar refractivity (Wildman–Crippen MR) is 90.3 cm³/mol. The Morgan fingerprint density at radius 1 is 1.05 bits per heavy atom. The van der Waals surface area contributed by atoms with E-state index in [9.17, 15) is 4.79 Å². The highest BCUT2D eigenvalue weighted by Crippen LogP contribution is 2.22. The smallest absolute Gasteiger partial charge is 0.267 e. The van der Waals surface area contributed by atoms with Crippen LogP contribution in [-0.2, 0) is 0 Å². The maximum atomic E-state index is 11.9. The van der Waals surface area contributed by atoms with E-state index in [0.29, 0.717) is 21.3 Å². The Morgan fingerprint density at radius 2 is 1.67 bits per heavy atom. The molecule has 0 unspecified atom stereocenters. The van der Waals surface area contributed by atoms with E-state index >= 15 is 0 Å². The minimum Gasteiger partial charge on any atom is -0.267 e. The van der Waals surface area contributed by atoms with E-state index in [0.717, 1.165) is 10.0 Å². The van der Waals surface area contributed by atoms with Gasteiger partial charge in [0.15, 0.2) is 0 Å². The van der Waals surface area contributed by atoms with Crippen molar-refractivity contribution in [2.24, 2.45) is 5.10 Å². The summed E-state index contributed by atoms with van der Waals surface area (Å²) in [5.41, 5.74) is 4.47. The maximum Gasteiger partial charge on any atom is 0.271 e. The molecule has 0 radical (unpaired) electrons. The van der Waals surface area contributed by atoms with Crippen LogP contribution >= 0.6 is 39.1 Å². The van der Waals surface area contributed by atoms with Crippen molar-refractivity contribution in [3.05, 3.63) is 68.1 Å². The van der Waals surface area contributed by atoms with Crippen LogP contribution in [-0.4, -0.2) is 11.6 Å². The molecule has 2 rings (SSSR count). The van der Waals surface area contributed by atoms with Crippen molar-refractivity contribution in [1.82, 2.24) is 5.43 Å². The van der Waals surface area contributed by atoms with Gasteiger partial charge in [0, 0.05) is 10.0 Å². The van der Waals surface area contributed by atoms with Crippen LogP contribution in [0.2, 0.25) is 10.0 Å². The van der Waals surface area contributed by atoms with Gasteiger partial charge < -0.3 is 0 Å². The summed E-state index contributed by atoms with van der Waals surface area (Å²) in [6.45, 7) is 1.78. The maximum absolute atomic E-state index is 11.9. The molecule has 0 atom stereocenters. The molecule has 108 valence electrons. The monoisotopic (exact) mass is 384 g/mol. The zero-order chi connectivity index (χ0) is 15.4. The zero-order valence-corrected chi connectivity index (χ0v) is 14.1. The fourth-order valence-corrected chi connectivity index (χ4v) is 2.15. The van der Waals surface area contributed by atoms with Gasteiger partial charge in [0.05, 0.1) is 15.8 Å². The van der Waals surface area contributed by atoms with Crippen molar-refractivity contribution in [2.75, 3.05) is 0 Å². The quantitative estimate of drug-likeness (QED) is 0.591. The number of nitrogens with one attached hydrogen (secondary N) is 1. The van der Waals surface area contributed by atoms with Gasteiger partial charge in [-0.15, -0.1) is 0 Å². The van der Waals surface area contributed by atoms with E-state index < -0.39 is 0 Å². The fourth-order valence-electron chi connectivity index (χ4n) is 1.59. The number of rotatable bonds is 3.